The Morgan fingerprint density at radius 2 is 1.88 bits per heavy atom. The zero-order chi connectivity index (χ0) is 12.3. The molecule has 0 spiro atoms. The van der Waals surface area contributed by atoms with Crippen LogP contribution in [0.15, 0.2) is 18.2 Å². The van der Waals surface area contributed by atoms with Crippen molar-refractivity contribution in [3.63, 3.8) is 0 Å². The van der Waals surface area contributed by atoms with Crippen LogP contribution in [0.5, 0.6) is 0 Å². The summed E-state index contributed by atoms with van der Waals surface area (Å²) in [4.78, 5) is 0. The number of halogens is 2. The van der Waals surface area contributed by atoms with Crippen LogP contribution in [0.3, 0.4) is 0 Å². The van der Waals surface area contributed by atoms with Crippen molar-refractivity contribution >= 4 is 0 Å². The Morgan fingerprint density at radius 1 is 1.18 bits per heavy atom. The van der Waals surface area contributed by atoms with E-state index in [1.54, 1.807) is 6.07 Å². The lowest BCUT2D eigenvalue weighted by atomic mass is 9.76. The Kier molecular flexibility index (Phi) is 3.74. The first-order chi connectivity index (χ1) is 8.15. The number of aliphatic hydroxyl groups is 1. The summed E-state index contributed by atoms with van der Waals surface area (Å²) in [6.45, 7) is 1.28. The highest BCUT2D eigenvalue weighted by molar-refractivity contribution is 5.19. The summed E-state index contributed by atoms with van der Waals surface area (Å²) in [5.41, 5.74) is 0.475. The third-order valence-corrected chi connectivity index (χ3v) is 3.45. The van der Waals surface area contributed by atoms with Crippen LogP contribution < -0.4 is 0 Å². The minimum Gasteiger partial charge on any atom is -0.396 e. The average Bonchev–Trinajstić information content (AvgIpc) is 2.35. The van der Waals surface area contributed by atoms with Crippen molar-refractivity contribution in [1.82, 2.24) is 0 Å². The van der Waals surface area contributed by atoms with Crippen LogP contribution in [0.25, 0.3) is 0 Å². The molecule has 17 heavy (non-hydrogen) atoms. The van der Waals surface area contributed by atoms with Crippen molar-refractivity contribution in [2.24, 2.45) is 5.41 Å². The molecule has 1 heterocycles. The molecule has 1 aliphatic heterocycles. The molecule has 1 N–H and O–H groups in total. The Bertz CT molecular complexity index is 387. The van der Waals surface area contributed by atoms with Gasteiger partial charge in [0.15, 0.2) is 11.6 Å². The molecule has 1 saturated heterocycles. The lowest BCUT2D eigenvalue weighted by molar-refractivity contribution is -0.0158. The van der Waals surface area contributed by atoms with Gasteiger partial charge in [0, 0.05) is 25.2 Å². The van der Waals surface area contributed by atoms with Crippen LogP contribution in [0.1, 0.15) is 18.4 Å². The Labute approximate surface area is 99.2 Å². The van der Waals surface area contributed by atoms with E-state index in [2.05, 4.69) is 0 Å². The Balaban J connectivity index is 2.14. The van der Waals surface area contributed by atoms with E-state index in [-0.39, 0.29) is 12.0 Å². The standard InChI is InChI=1S/C13H16F2O2/c14-11-2-1-10(7-12(11)15)8-13(9-16)3-5-17-6-4-13/h1-2,7,16H,3-6,8-9H2. The number of aliphatic hydroxyl groups excluding tert-OH is 1. The van der Waals surface area contributed by atoms with Gasteiger partial charge in [-0.2, -0.15) is 0 Å². The zero-order valence-electron chi connectivity index (χ0n) is 9.59. The van der Waals surface area contributed by atoms with Gasteiger partial charge in [-0.25, -0.2) is 8.78 Å². The highest BCUT2D eigenvalue weighted by Crippen LogP contribution is 2.34. The van der Waals surface area contributed by atoms with Crippen LogP contribution >= 0.6 is 0 Å². The smallest absolute Gasteiger partial charge is 0.159 e. The molecule has 0 radical (unpaired) electrons. The third-order valence-electron chi connectivity index (χ3n) is 3.45. The molecular formula is C13H16F2O2. The summed E-state index contributed by atoms with van der Waals surface area (Å²) < 4.78 is 31.2. The maximum atomic E-state index is 13.1. The molecule has 0 aliphatic carbocycles. The number of hydrogen-bond acceptors (Lipinski definition) is 2. The maximum absolute atomic E-state index is 13.1. The monoisotopic (exact) mass is 242 g/mol. The van der Waals surface area contributed by atoms with Crippen molar-refractivity contribution in [2.45, 2.75) is 19.3 Å². The van der Waals surface area contributed by atoms with Gasteiger partial charge in [-0.3, -0.25) is 0 Å². The first-order valence-corrected chi connectivity index (χ1v) is 5.78. The van der Waals surface area contributed by atoms with Gasteiger partial charge in [-0.05, 0) is 37.0 Å². The SMILES string of the molecule is OCC1(Cc2ccc(F)c(F)c2)CCOCC1. The first kappa shape index (κ1) is 12.5. The maximum Gasteiger partial charge on any atom is 0.159 e. The van der Waals surface area contributed by atoms with Crippen LogP contribution in [0.4, 0.5) is 8.78 Å². The second-order valence-corrected chi connectivity index (χ2v) is 4.70. The van der Waals surface area contributed by atoms with Gasteiger partial charge >= 0.3 is 0 Å². The van der Waals surface area contributed by atoms with Gasteiger partial charge in [0.25, 0.3) is 0 Å². The number of ether oxygens (including phenoxy) is 1. The molecule has 1 aromatic carbocycles. The van der Waals surface area contributed by atoms with Gasteiger partial charge in [0.1, 0.15) is 0 Å². The molecule has 0 saturated carbocycles. The van der Waals surface area contributed by atoms with Gasteiger partial charge in [0.05, 0.1) is 0 Å². The molecule has 2 rings (SSSR count). The molecule has 0 bridgehead atoms. The Hall–Kier alpha value is -1.00. The lowest BCUT2D eigenvalue weighted by Gasteiger charge is -2.35. The summed E-state index contributed by atoms with van der Waals surface area (Å²) in [5.74, 6) is -1.67. The number of rotatable bonds is 3. The highest BCUT2D eigenvalue weighted by atomic mass is 19.2. The normalized spacial score (nSPS) is 19.2. The molecule has 4 heteroatoms. The van der Waals surface area contributed by atoms with Crippen LogP contribution in [-0.4, -0.2) is 24.9 Å². The van der Waals surface area contributed by atoms with Crippen molar-refractivity contribution < 1.29 is 18.6 Å². The van der Waals surface area contributed by atoms with E-state index in [1.165, 1.54) is 6.07 Å². The summed E-state index contributed by atoms with van der Waals surface area (Å²) in [6.07, 6.45) is 2.06. The van der Waals surface area contributed by atoms with E-state index >= 15 is 0 Å². The van der Waals surface area contributed by atoms with Gasteiger partial charge in [0.2, 0.25) is 0 Å². The Morgan fingerprint density at radius 3 is 2.47 bits per heavy atom. The molecule has 0 aromatic heterocycles. The molecule has 1 fully saturated rings. The summed E-state index contributed by atoms with van der Waals surface area (Å²) >= 11 is 0. The van der Waals surface area contributed by atoms with Crippen molar-refractivity contribution in [3.05, 3.63) is 35.4 Å². The van der Waals surface area contributed by atoms with E-state index < -0.39 is 11.6 Å². The fourth-order valence-corrected chi connectivity index (χ4v) is 2.28. The predicted molar refractivity (Wildman–Crippen MR) is 59.6 cm³/mol. The quantitative estimate of drug-likeness (QED) is 0.881. The topological polar surface area (TPSA) is 29.5 Å². The highest BCUT2D eigenvalue weighted by Gasteiger charge is 2.32. The largest absolute Gasteiger partial charge is 0.396 e. The average molecular weight is 242 g/mol. The molecule has 2 nitrogen and oxygen atoms in total. The molecule has 0 unspecified atom stereocenters. The summed E-state index contributed by atoms with van der Waals surface area (Å²) in [5, 5.41) is 9.50. The minimum absolute atomic E-state index is 0.0509. The molecule has 0 amide bonds. The van der Waals surface area contributed by atoms with E-state index in [0.717, 1.165) is 24.5 Å². The van der Waals surface area contributed by atoms with Gasteiger partial charge in [-0.15, -0.1) is 0 Å². The minimum atomic E-state index is -0.834. The fraction of sp³-hybridized carbons (Fsp3) is 0.538. The van der Waals surface area contributed by atoms with E-state index in [1.807, 2.05) is 0 Å². The molecule has 0 atom stereocenters. The molecular weight excluding hydrogens is 226 g/mol. The van der Waals surface area contributed by atoms with E-state index in [4.69, 9.17) is 4.74 Å². The summed E-state index contributed by atoms with van der Waals surface area (Å²) in [6, 6.07) is 3.92. The third kappa shape index (κ3) is 2.82. The number of benzene rings is 1. The summed E-state index contributed by atoms with van der Waals surface area (Å²) in [7, 11) is 0. The van der Waals surface area contributed by atoms with Crippen molar-refractivity contribution in [1.29, 1.82) is 0 Å². The number of hydrogen-bond donors (Lipinski definition) is 1. The van der Waals surface area contributed by atoms with Crippen LogP contribution in [-0.2, 0) is 11.2 Å². The van der Waals surface area contributed by atoms with Gasteiger partial charge < -0.3 is 9.84 Å². The van der Waals surface area contributed by atoms with E-state index in [0.29, 0.717) is 19.6 Å². The molecule has 94 valence electrons. The second-order valence-electron chi connectivity index (χ2n) is 4.70. The van der Waals surface area contributed by atoms with Crippen LogP contribution in [0, 0.1) is 17.0 Å². The molecule has 1 aromatic rings. The van der Waals surface area contributed by atoms with Gasteiger partial charge in [-0.1, -0.05) is 6.07 Å². The lowest BCUT2D eigenvalue weighted by Crippen LogP contribution is -2.35. The van der Waals surface area contributed by atoms with Crippen molar-refractivity contribution in [3.8, 4) is 0 Å². The van der Waals surface area contributed by atoms with Crippen molar-refractivity contribution in [2.75, 3.05) is 19.8 Å². The molecule has 1 aliphatic rings. The zero-order valence-corrected chi connectivity index (χ0v) is 9.59. The second kappa shape index (κ2) is 5.10. The fourth-order valence-electron chi connectivity index (χ4n) is 2.28. The van der Waals surface area contributed by atoms with E-state index in [9.17, 15) is 13.9 Å². The predicted octanol–water partition coefficient (Wildman–Crippen LogP) is 2.30. The first-order valence-electron chi connectivity index (χ1n) is 5.78. The van der Waals surface area contributed by atoms with Crippen LogP contribution in [0.2, 0.25) is 0 Å².